The van der Waals surface area contributed by atoms with E-state index in [1.165, 1.54) is 4.52 Å². The molecular formula is C28H33F5N6O3. The van der Waals surface area contributed by atoms with Gasteiger partial charge in [0.05, 0.1) is 42.3 Å². The molecule has 5 rings (SSSR count). The van der Waals surface area contributed by atoms with Crippen molar-refractivity contribution in [3.05, 3.63) is 46.7 Å². The normalized spacial score (nSPS) is 19.3. The van der Waals surface area contributed by atoms with E-state index < -0.39 is 48.8 Å². The summed E-state index contributed by atoms with van der Waals surface area (Å²) in [7, 11) is 0. The minimum absolute atomic E-state index is 0.0597. The first-order valence-electron chi connectivity index (χ1n) is 14.1. The minimum atomic E-state index is -4.43. The van der Waals surface area contributed by atoms with Crippen LogP contribution in [0.3, 0.4) is 0 Å². The molecule has 3 aromatic heterocycles. The lowest BCUT2D eigenvalue weighted by atomic mass is 9.77. The Morgan fingerprint density at radius 2 is 1.79 bits per heavy atom. The van der Waals surface area contributed by atoms with Crippen molar-refractivity contribution in [2.24, 2.45) is 11.8 Å². The summed E-state index contributed by atoms with van der Waals surface area (Å²) in [6, 6.07) is 0.496. The SMILES string of the molecule is Cc1noc(C)c1C(=O)N[C@H](c1cn2ncc([C@H](NC(=O)CCC(F)(F)F)C3CCC3)cc2n1)C1CCC(F)(F)CC1. The van der Waals surface area contributed by atoms with Gasteiger partial charge in [0.25, 0.3) is 5.91 Å². The zero-order valence-electron chi connectivity index (χ0n) is 23.3. The number of amides is 2. The van der Waals surface area contributed by atoms with E-state index in [0.29, 0.717) is 28.4 Å². The summed E-state index contributed by atoms with van der Waals surface area (Å²) in [5, 5.41) is 14.0. The average molecular weight is 597 g/mol. The fourth-order valence-electron chi connectivity index (χ4n) is 5.83. The molecule has 2 aliphatic rings. The van der Waals surface area contributed by atoms with Crippen molar-refractivity contribution in [3.8, 4) is 0 Å². The molecule has 228 valence electrons. The molecule has 42 heavy (non-hydrogen) atoms. The van der Waals surface area contributed by atoms with Gasteiger partial charge in [-0.25, -0.2) is 18.3 Å². The van der Waals surface area contributed by atoms with Gasteiger partial charge in [0.2, 0.25) is 11.8 Å². The molecule has 2 amide bonds. The van der Waals surface area contributed by atoms with Crippen molar-refractivity contribution in [2.45, 2.75) is 95.8 Å². The lowest BCUT2D eigenvalue weighted by Crippen LogP contribution is -2.37. The van der Waals surface area contributed by atoms with E-state index in [4.69, 9.17) is 9.51 Å². The molecule has 2 saturated carbocycles. The standard InChI is InChI=1S/C28H33F5N6O3/c1-15-23(16(2)42-38-15)26(41)37-25(18-6-9-27(29,30)10-7-18)20-14-39-21(35-20)12-19(13-34-39)24(17-4-3-5-17)36-22(40)8-11-28(31,32)33/h12-14,17-18,24-25H,3-11H2,1-2H3,(H,36,40)(H,37,41)/t24-,25+/m1/s1. The van der Waals surface area contributed by atoms with Crippen LogP contribution in [0, 0.1) is 25.7 Å². The number of fused-ring (bicyclic) bond motifs is 1. The first kappa shape index (κ1) is 29.9. The Morgan fingerprint density at radius 1 is 1.10 bits per heavy atom. The summed E-state index contributed by atoms with van der Waals surface area (Å²) >= 11 is 0. The largest absolute Gasteiger partial charge is 0.389 e. The second-order valence-electron chi connectivity index (χ2n) is 11.5. The summed E-state index contributed by atoms with van der Waals surface area (Å²) in [5.74, 6) is -3.82. The number of hydrogen-bond donors (Lipinski definition) is 2. The van der Waals surface area contributed by atoms with Crippen molar-refractivity contribution in [1.82, 2.24) is 30.4 Å². The molecule has 2 atom stereocenters. The van der Waals surface area contributed by atoms with Crippen molar-refractivity contribution in [1.29, 1.82) is 0 Å². The quantitative estimate of drug-likeness (QED) is 0.296. The molecular weight excluding hydrogens is 563 g/mol. The predicted molar refractivity (Wildman–Crippen MR) is 140 cm³/mol. The third-order valence-electron chi connectivity index (χ3n) is 8.39. The molecule has 0 saturated heterocycles. The molecule has 0 radical (unpaired) electrons. The number of nitrogens with zero attached hydrogens (tertiary/aromatic N) is 4. The number of aryl methyl sites for hydroxylation is 2. The maximum Gasteiger partial charge on any atom is 0.389 e. The second kappa shape index (κ2) is 11.6. The number of nitrogens with one attached hydrogen (secondary N) is 2. The number of hydrogen-bond acceptors (Lipinski definition) is 6. The highest BCUT2D eigenvalue weighted by Gasteiger charge is 2.40. The molecule has 0 aliphatic heterocycles. The number of alkyl halides is 5. The minimum Gasteiger partial charge on any atom is -0.361 e. The van der Waals surface area contributed by atoms with Gasteiger partial charge in [0.15, 0.2) is 5.65 Å². The molecule has 0 unspecified atom stereocenters. The number of imidazole rings is 1. The van der Waals surface area contributed by atoms with E-state index in [1.54, 1.807) is 32.3 Å². The van der Waals surface area contributed by atoms with E-state index in [2.05, 4.69) is 20.9 Å². The molecule has 0 bridgehead atoms. The van der Waals surface area contributed by atoms with Gasteiger partial charge in [-0.2, -0.15) is 18.3 Å². The topological polar surface area (TPSA) is 114 Å². The maximum absolute atomic E-state index is 14.0. The summed E-state index contributed by atoms with van der Waals surface area (Å²) in [5.41, 5.74) is 2.12. The van der Waals surface area contributed by atoms with Crippen LogP contribution in [0.25, 0.3) is 5.65 Å². The molecule has 2 fully saturated rings. The Labute approximate surface area is 238 Å². The third-order valence-corrected chi connectivity index (χ3v) is 8.39. The van der Waals surface area contributed by atoms with Gasteiger partial charge in [-0.1, -0.05) is 11.6 Å². The van der Waals surface area contributed by atoms with Gasteiger partial charge in [0.1, 0.15) is 11.3 Å². The highest BCUT2D eigenvalue weighted by molar-refractivity contribution is 5.96. The predicted octanol–water partition coefficient (Wildman–Crippen LogP) is 5.93. The Balaban J connectivity index is 1.42. The van der Waals surface area contributed by atoms with E-state index in [0.717, 1.165) is 19.3 Å². The summed E-state index contributed by atoms with van der Waals surface area (Å²) < 4.78 is 72.6. The Hall–Kier alpha value is -3.58. The highest BCUT2D eigenvalue weighted by atomic mass is 19.4. The van der Waals surface area contributed by atoms with Crippen molar-refractivity contribution in [2.75, 3.05) is 0 Å². The lowest BCUT2D eigenvalue weighted by Gasteiger charge is -2.34. The van der Waals surface area contributed by atoms with Gasteiger partial charge in [0, 0.05) is 19.3 Å². The zero-order chi connectivity index (χ0) is 30.2. The zero-order valence-corrected chi connectivity index (χ0v) is 23.3. The fourth-order valence-corrected chi connectivity index (χ4v) is 5.83. The van der Waals surface area contributed by atoms with E-state index in [1.807, 2.05) is 0 Å². The molecule has 3 heterocycles. The van der Waals surface area contributed by atoms with Crippen LogP contribution in [-0.4, -0.2) is 43.7 Å². The van der Waals surface area contributed by atoms with Gasteiger partial charge in [-0.3, -0.25) is 9.59 Å². The van der Waals surface area contributed by atoms with Crippen LogP contribution >= 0.6 is 0 Å². The van der Waals surface area contributed by atoms with Crippen LogP contribution in [-0.2, 0) is 4.79 Å². The summed E-state index contributed by atoms with van der Waals surface area (Å²) in [4.78, 5) is 30.4. The lowest BCUT2D eigenvalue weighted by molar-refractivity contribution is -0.144. The molecule has 14 heteroatoms. The number of carbonyl (C=O) groups is 2. The van der Waals surface area contributed by atoms with E-state index >= 15 is 0 Å². The first-order valence-corrected chi connectivity index (χ1v) is 14.1. The van der Waals surface area contributed by atoms with Gasteiger partial charge in [-0.15, -0.1) is 0 Å². The van der Waals surface area contributed by atoms with Crippen LogP contribution in [0.15, 0.2) is 23.0 Å². The number of halogens is 5. The Bertz CT molecular complexity index is 1420. The van der Waals surface area contributed by atoms with Crippen LogP contribution in [0.4, 0.5) is 22.0 Å². The van der Waals surface area contributed by atoms with Crippen LogP contribution < -0.4 is 10.6 Å². The summed E-state index contributed by atoms with van der Waals surface area (Å²) in [6.07, 6.45) is -0.779. The molecule has 3 aromatic rings. The number of rotatable bonds is 9. The summed E-state index contributed by atoms with van der Waals surface area (Å²) in [6.45, 7) is 3.25. The molecule has 0 spiro atoms. The fraction of sp³-hybridized carbons (Fsp3) is 0.607. The monoisotopic (exact) mass is 596 g/mol. The molecule has 9 nitrogen and oxygen atoms in total. The highest BCUT2D eigenvalue weighted by Crippen LogP contribution is 2.42. The second-order valence-corrected chi connectivity index (χ2v) is 11.5. The van der Waals surface area contributed by atoms with Crippen LogP contribution in [0.2, 0.25) is 0 Å². The molecule has 2 N–H and O–H groups in total. The smallest absolute Gasteiger partial charge is 0.361 e. The number of carbonyl (C=O) groups excluding carboxylic acids is 2. The van der Waals surface area contributed by atoms with E-state index in [9.17, 15) is 31.5 Å². The van der Waals surface area contributed by atoms with Crippen molar-refractivity contribution < 1.29 is 36.1 Å². The molecule has 2 aliphatic carbocycles. The van der Waals surface area contributed by atoms with Gasteiger partial charge < -0.3 is 15.2 Å². The van der Waals surface area contributed by atoms with Gasteiger partial charge in [-0.05, 0) is 63.0 Å². The average Bonchev–Trinajstić information content (AvgIpc) is 3.46. The van der Waals surface area contributed by atoms with Crippen molar-refractivity contribution in [3.63, 3.8) is 0 Å². The maximum atomic E-state index is 14.0. The third kappa shape index (κ3) is 6.73. The number of aromatic nitrogens is 4. The van der Waals surface area contributed by atoms with Crippen molar-refractivity contribution >= 4 is 17.5 Å². The Kier molecular flexibility index (Phi) is 8.26. The van der Waals surface area contributed by atoms with Crippen LogP contribution in [0.5, 0.6) is 0 Å². The van der Waals surface area contributed by atoms with Crippen LogP contribution in [0.1, 0.15) is 103 Å². The van der Waals surface area contributed by atoms with E-state index in [-0.39, 0.29) is 43.1 Å². The molecule has 0 aromatic carbocycles. The van der Waals surface area contributed by atoms with Gasteiger partial charge >= 0.3 is 6.18 Å². The Morgan fingerprint density at radius 3 is 2.38 bits per heavy atom. The first-order chi connectivity index (χ1) is 19.8.